The molecule has 0 spiro atoms. The van der Waals surface area contributed by atoms with Crippen molar-refractivity contribution in [3.63, 3.8) is 0 Å². The normalized spacial score (nSPS) is 29.8. The van der Waals surface area contributed by atoms with Crippen LogP contribution in [0.5, 0.6) is 0 Å². The van der Waals surface area contributed by atoms with E-state index < -0.39 is 0 Å². The Morgan fingerprint density at radius 1 is 1.22 bits per heavy atom. The van der Waals surface area contributed by atoms with Gasteiger partial charge in [-0.2, -0.15) is 0 Å². The van der Waals surface area contributed by atoms with Gasteiger partial charge in [0.2, 0.25) is 0 Å². The number of allylic oxidation sites excluding steroid dienone is 1. The lowest BCUT2D eigenvalue weighted by Gasteiger charge is -2.41. The Morgan fingerprint density at radius 3 is 2.88 bits per heavy atom. The number of amidine groups is 1. The molecule has 3 heterocycles. The van der Waals surface area contributed by atoms with E-state index >= 15 is 0 Å². The van der Waals surface area contributed by atoms with E-state index in [0.29, 0.717) is 11.8 Å². The summed E-state index contributed by atoms with van der Waals surface area (Å²) in [6.45, 7) is 6.01. The van der Waals surface area contributed by atoms with Crippen LogP contribution in [0.3, 0.4) is 0 Å². The Morgan fingerprint density at radius 2 is 2.09 bits per heavy atom. The molecular weight excluding hydrogens is 401 g/mol. The third-order valence-electron chi connectivity index (χ3n) is 7.62. The smallest absolute Gasteiger partial charge is 0.288 e. The molecule has 0 aromatic heterocycles. The van der Waals surface area contributed by atoms with Crippen molar-refractivity contribution in [2.24, 2.45) is 16.8 Å². The third-order valence-corrected chi connectivity index (χ3v) is 7.62. The van der Waals surface area contributed by atoms with Gasteiger partial charge in [0.15, 0.2) is 0 Å². The molecular formula is C27H36FN3O. The molecule has 1 aromatic carbocycles. The van der Waals surface area contributed by atoms with Crippen molar-refractivity contribution in [1.82, 2.24) is 10.2 Å². The summed E-state index contributed by atoms with van der Waals surface area (Å²) in [5.41, 5.74) is 4.05. The maximum atomic E-state index is 13.7. The first-order valence-electron chi connectivity index (χ1n) is 12.6. The van der Waals surface area contributed by atoms with E-state index in [1.54, 1.807) is 17.7 Å². The van der Waals surface area contributed by atoms with Gasteiger partial charge in [-0.3, -0.25) is 0 Å². The number of benzene rings is 1. The predicted molar refractivity (Wildman–Crippen MR) is 127 cm³/mol. The molecule has 0 radical (unpaired) electrons. The summed E-state index contributed by atoms with van der Waals surface area (Å²) >= 11 is 0. The van der Waals surface area contributed by atoms with Crippen LogP contribution < -0.4 is 5.32 Å². The van der Waals surface area contributed by atoms with Crippen molar-refractivity contribution in [3.8, 4) is 0 Å². The van der Waals surface area contributed by atoms with Crippen LogP contribution in [0.2, 0.25) is 0 Å². The minimum Gasteiger partial charge on any atom is -0.460 e. The number of nitrogens with zero attached hydrogens (tertiary/aromatic N) is 2. The van der Waals surface area contributed by atoms with Crippen LogP contribution in [0.4, 0.5) is 4.39 Å². The summed E-state index contributed by atoms with van der Waals surface area (Å²) in [5, 5.41) is 3.45. The molecule has 172 valence electrons. The average molecular weight is 438 g/mol. The van der Waals surface area contributed by atoms with Crippen LogP contribution in [0.1, 0.15) is 63.5 Å². The molecule has 0 bridgehead atoms. The van der Waals surface area contributed by atoms with Crippen molar-refractivity contribution in [2.45, 2.75) is 64.0 Å². The highest BCUT2D eigenvalue weighted by molar-refractivity contribution is 5.77. The number of halogens is 1. The van der Waals surface area contributed by atoms with Gasteiger partial charge in [-0.25, -0.2) is 9.38 Å². The maximum absolute atomic E-state index is 13.7. The number of hydrogen-bond donors (Lipinski definition) is 1. The first-order chi connectivity index (χ1) is 15.7. The Hall–Kier alpha value is -2.14. The van der Waals surface area contributed by atoms with Gasteiger partial charge in [-0.1, -0.05) is 56.0 Å². The molecule has 0 saturated carbocycles. The van der Waals surface area contributed by atoms with Gasteiger partial charge in [0.25, 0.3) is 6.02 Å². The highest BCUT2D eigenvalue weighted by Gasteiger charge is 2.39. The molecule has 4 nitrogen and oxygen atoms in total. The van der Waals surface area contributed by atoms with Gasteiger partial charge < -0.3 is 15.0 Å². The van der Waals surface area contributed by atoms with Gasteiger partial charge in [0.05, 0.1) is 12.6 Å². The Labute approximate surface area is 191 Å². The summed E-state index contributed by atoms with van der Waals surface area (Å²) in [7, 11) is 0. The van der Waals surface area contributed by atoms with Gasteiger partial charge in [-0.15, -0.1) is 0 Å². The first kappa shape index (κ1) is 21.7. The Bertz CT molecular complexity index is 885. The lowest BCUT2D eigenvalue weighted by atomic mass is 9.79. The molecule has 3 aliphatic heterocycles. The molecule has 4 aliphatic rings. The number of ether oxygens (including phenoxy) is 1. The van der Waals surface area contributed by atoms with Crippen molar-refractivity contribution in [1.29, 1.82) is 0 Å². The van der Waals surface area contributed by atoms with E-state index in [1.807, 2.05) is 12.1 Å². The van der Waals surface area contributed by atoms with Crippen LogP contribution >= 0.6 is 0 Å². The second-order valence-electron chi connectivity index (χ2n) is 9.81. The molecule has 5 rings (SSSR count). The summed E-state index contributed by atoms with van der Waals surface area (Å²) in [6.07, 6.45) is 13.5. The van der Waals surface area contributed by atoms with Crippen LogP contribution in [0, 0.1) is 17.7 Å². The predicted octanol–water partition coefficient (Wildman–Crippen LogP) is 5.39. The summed E-state index contributed by atoms with van der Waals surface area (Å²) in [6, 6.07) is 7.84. The van der Waals surface area contributed by atoms with Gasteiger partial charge in [0.1, 0.15) is 11.9 Å². The van der Waals surface area contributed by atoms with E-state index in [9.17, 15) is 4.39 Å². The molecule has 32 heavy (non-hydrogen) atoms. The maximum Gasteiger partial charge on any atom is 0.288 e. The number of aliphatic imine (C=N–C) groups is 1. The summed E-state index contributed by atoms with van der Waals surface area (Å²) in [4.78, 5) is 7.18. The molecule has 1 saturated heterocycles. The minimum atomic E-state index is -0.191. The van der Waals surface area contributed by atoms with E-state index in [1.165, 1.54) is 31.3 Å². The second-order valence-corrected chi connectivity index (χ2v) is 9.81. The molecule has 0 amide bonds. The summed E-state index contributed by atoms with van der Waals surface area (Å²) < 4.78 is 20.2. The highest BCUT2D eigenvalue weighted by Crippen LogP contribution is 2.43. The Kier molecular flexibility index (Phi) is 6.63. The fourth-order valence-electron chi connectivity index (χ4n) is 5.78. The lowest BCUT2D eigenvalue weighted by Crippen LogP contribution is -2.41. The molecule has 1 N–H and O–H groups in total. The van der Waals surface area contributed by atoms with Crippen molar-refractivity contribution >= 4 is 6.02 Å². The number of unbranched alkanes of at least 4 members (excludes halogenated alkanes) is 2. The van der Waals surface area contributed by atoms with E-state index in [-0.39, 0.29) is 18.0 Å². The Balaban J connectivity index is 1.38. The van der Waals surface area contributed by atoms with E-state index in [0.717, 1.165) is 57.0 Å². The molecule has 4 atom stereocenters. The zero-order valence-corrected chi connectivity index (χ0v) is 19.2. The average Bonchev–Trinajstić information content (AvgIpc) is 3.51. The monoisotopic (exact) mass is 437 g/mol. The SMILES string of the molecule is CCCCCC1C=CC2=C(CCN(C3=NC[C@H]([C@@H]4CCNC4)O3)[C@H]2c2ccc(F)cc2)C1. The van der Waals surface area contributed by atoms with Crippen LogP contribution in [-0.4, -0.2) is 43.2 Å². The van der Waals surface area contributed by atoms with Crippen molar-refractivity contribution in [2.75, 3.05) is 26.2 Å². The quantitative estimate of drug-likeness (QED) is 0.606. The second kappa shape index (κ2) is 9.78. The van der Waals surface area contributed by atoms with Gasteiger partial charge >= 0.3 is 0 Å². The zero-order valence-electron chi connectivity index (χ0n) is 19.2. The largest absolute Gasteiger partial charge is 0.460 e. The van der Waals surface area contributed by atoms with E-state index in [2.05, 4.69) is 29.3 Å². The number of nitrogens with one attached hydrogen (secondary N) is 1. The van der Waals surface area contributed by atoms with Crippen LogP contribution in [-0.2, 0) is 4.74 Å². The van der Waals surface area contributed by atoms with Gasteiger partial charge in [-0.05, 0) is 61.4 Å². The van der Waals surface area contributed by atoms with E-state index in [4.69, 9.17) is 9.73 Å². The van der Waals surface area contributed by atoms with Crippen LogP contribution in [0.25, 0.3) is 0 Å². The van der Waals surface area contributed by atoms with Crippen molar-refractivity contribution in [3.05, 3.63) is 58.9 Å². The number of hydrogen-bond acceptors (Lipinski definition) is 4. The number of rotatable bonds is 6. The summed E-state index contributed by atoms with van der Waals surface area (Å²) in [5.74, 6) is 1.00. The third kappa shape index (κ3) is 4.50. The first-order valence-corrected chi connectivity index (χ1v) is 12.6. The molecule has 1 aliphatic carbocycles. The van der Waals surface area contributed by atoms with Gasteiger partial charge in [0, 0.05) is 19.0 Å². The van der Waals surface area contributed by atoms with Crippen LogP contribution in [0.15, 0.2) is 52.6 Å². The fraction of sp³-hybridized carbons (Fsp3) is 0.593. The zero-order chi connectivity index (χ0) is 21.9. The molecule has 5 heteroatoms. The molecule has 1 fully saturated rings. The molecule has 1 unspecified atom stereocenters. The lowest BCUT2D eigenvalue weighted by molar-refractivity contribution is 0.125. The topological polar surface area (TPSA) is 36.9 Å². The highest BCUT2D eigenvalue weighted by atomic mass is 19.1. The van der Waals surface area contributed by atoms with Crippen molar-refractivity contribution < 1.29 is 9.13 Å². The minimum absolute atomic E-state index is 0.0476. The fourth-order valence-corrected chi connectivity index (χ4v) is 5.78. The standard InChI is InChI=1S/C27H36FN3O/c1-2-3-4-5-19-6-11-24-21(16-19)13-15-31(26(24)20-7-9-23(28)10-8-20)27-30-18-25(32-27)22-12-14-29-17-22/h6-11,19,22,25-26,29H,2-5,12-18H2,1H3/t19?,22-,25-,26+/m1/s1. The molecule has 1 aromatic rings.